The molecular weight excluding hydrogens is 341 g/mol. The highest BCUT2D eigenvalue weighted by Crippen LogP contribution is 2.29. The molecule has 4 rings (SSSR count). The lowest BCUT2D eigenvalue weighted by Crippen LogP contribution is -2.15. The molecule has 0 unspecified atom stereocenters. The van der Waals surface area contributed by atoms with Gasteiger partial charge in [-0.2, -0.15) is 5.10 Å². The van der Waals surface area contributed by atoms with Crippen molar-refractivity contribution in [2.75, 3.05) is 5.32 Å². The van der Waals surface area contributed by atoms with E-state index in [-0.39, 0.29) is 11.7 Å². The maximum Gasteiger partial charge on any atom is 0.276 e. The van der Waals surface area contributed by atoms with Crippen molar-refractivity contribution in [3.05, 3.63) is 76.3 Å². The lowest BCUT2D eigenvalue weighted by molar-refractivity contribution is 0.102. The fraction of sp³-hybridized carbons (Fsp3) is 0.158. The second-order valence-corrected chi connectivity index (χ2v) is 6.36. The number of benzene rings is 2. The molecule has 1 amide bonds. The highest BCUT2D eigenvalue weighted by Gasteiger charge is 2.27. The maximum atomic E-state index is 13.2. The summed E-state index contributed by atoms with van der Waals surface area (Å²) < 4.78 is 14.9. The Morgan fingerprint density at radius 3 is 2.64 bits per heavy atom. The van der Waals surface area contributed by atoms with Gasteiger partial charge in [0.1, 0.15) is 5.82 Å². The molecule has 0 aliphatic heterocycles. The fourth-order valence-corrected chi connectivity index (χ4v) is 3.34. The number of para-hydroxylation sites is 1. The Bertz CT molecular complexity index is 950. The van der Waals surface area contributed by atoms with Crippen molar-refractivity contribution in [3.63, 3.8) is 0 Å². The maximum absolute atomic E-state index is 13.2. The Morgan fingerprint density at radius 2 is 1.88 bits per heavy atom. The van der Waals surface area contributed by atoms with Crippen LogP contribution in [0.3, 0.4) is 0 Å². The molecule has 2 aromatic carbocycles. The van der Waals surface area contributed by atoms with Gasteiger partial charge in [-0.25, -0.2) is 9.07 Å². The number of anilines is 1. The molecule has 0 spiro atoms. The molecule has 25 heavy (non-hydrogen) atoms. The molecule has 0 fully saturated rings. The number of hydrogen-bond donors (Lipinski definition) is 1. The normalized spacial score (nSPS) is 12.9. The molecule has 0 radical (unpaired) electrons. The summed E-state index contributed by atoms with van der Waals surface area (Å²) in [4.78, 5) is 12.7. The van der Waals surface area contributed by atoms with Crippen molar-refractivity contribution in [2.45, 2.75) is 19.3 Å². The van der Waals surface area contributed by atoms with Gasteiger partial charge in [-0.1, -0.05) is 23.7 Å². The number of amides is 1. The zero-order valence-corrected chi connectivity index (χ0v) is 14.1. The highest BCUT2D eigenvalue weighted by atomic mass is 35.5. The second-order valence-electron chi connectivity index (χ2n) is 5.95. The van der Waals surface area contributed by atoms with E-state index in [2.05, 4.69) is 10.4 Å². The Kier molecular flexibility index (Phi) is 4.01. The van der Waals surface area contributed by atoms with Crippen LogP contribution in [0.25, 0.3) is 5.69 Å². The third kappa shape index (κ3) is 2.91. The lowest BCUT2D eigenvalue weighted by atomic mass is 10.2. The fourth-order valence-electron chi connectivity index (χ4n) is 3.16. The molecule has 4 nitrogen and oxygen atoms in total. The van der Waals surface area contributed by atoms with Crippen LogP contribution in [0.15, 0.2) is 48.5 Å². The van der Waals surface area contributed by atoms with Crippen molar-refractivity contribution in [1.82, 2.24) is 9.78 Å². The van der Waals surface area contributed by atoms with Crippen LogP contribution in [0.4, 0.5) is 10.1 Å². The monoisotopic (exact) mass is 355 g/mol. The van der Waals surface area contributed by atoms with Gasteiger partial charge in [0.25, 0.3) is 5.91 Å². The van der Waals surface area contributed by atoms with Gasteiger partial charge < -0.3 is 5.32 Å². The third-order valence-corrected chi connectivity index (χ3v) is 4.67. The Labute approximate surface area is 149 Å². The topological polar surface area (TPSA) is 46.9 Å². The van der Waals surface area contributed by atoms with Crippen LogP contribution in [0.1, 0.15) is 28.2 Å². The van der Waals surface area contributed by atoms with Crippen molar-refractivity contribution < 1.29 is 9.18 Å². The first kappa shape index (κ1) is 15.8. The van der Waals surface area contributed by atoms with Gasteiger partial charge in [-0.05, 0) is 55.7 Å². The first-order valence-electron chi connectivity index (χ1n) is 8.06. The van der Waals surface area contributed by atoms with Gasteiger partial charge in [0.15, 0.2) is 5.69 Å². The summed E-state index contributed by atoms with van der Waals surface area (Å²) in [6.45, 7) is 0. The second kappa shape index (κ2) is 6.33. The lowest BCUT2D eigenvalue weighted by Gasteiger charge is -2.06. The van der Waals surface area contributed by atoms with E-state index in [0.717, 1.165) is 36.2 Å². The van der Waals surface area contributed by atoms with E-state index in [1.807, 2.05) is 6.07 Å². The Balaban J connectivity index is 1.71. The molecule has 6 heteroatoms. The zero-order chi connectivity index (χ0) is 17.4. The molecule has 1 aliphatic rings. The van der Waals surface area contributed by atoms with Gasteiger partial charge in [0.05, 0.1) is 16.4 Å². The van der Waals surface area contributed by atoms with Crippen molar-refractivity contribution in [2.24, 2.45) is 0 Å². The van der Waals surface area contributed by atoms with Crippen molar-refractivity contribution in [3.8, 4) is 5.69 Å². The number of hydrogen-bond acceptors (Lipinski definition) is 2. The first-order chi connectivity index (χ1) is 12.1. The smallest absolute Gasteiger partial charge is 0.276 e. The Hall–Kier alpha value is -2.66. The minimum absolute atomic E-state index is 0.285. The van der Waals surface area contributed by atoms with Gasteiger partial charge in [0.2, 0.25) is 0 Å². The summed E-state index contributed by atoms with van der Waals surface area (Å²) in [5, 5.41) is 7.80. The van der Waals surface area contributed by atoms with E-state index in [0.29, 0.717) is 16.4 Å². The average molecular weight is 356 g/mol. The SMILES string of the molecule is O=C(Nc1ccccc1Cl)c1nn(-c2ccc(F)cc2)c2c1CCC2. The van der Waals surface area contributed by atoms with Gasteiger partial charge in [-0.3, -0.25) is 4.79 Å². The number of nitrogens with one attached hydrogen (secondary N) is 1. The molecule has 3 aromatic rings. The largest absolute Gasteiger partial charge is 0.319 e. The van der Waals surface area contributed by atoms with Gasteiger partial charge in [0, 0.05) is 11.3 Å². The van der Waals surface area contributed by atoms with E-state index in [1.54, 1.807) is 35.0 Å². The molecule has 0 saturated heterocycles. The van der Waals surface area contributed by atoms with Crippen LogP contribution in [0.5, 0.6) is 0 Å². The van der Waals surface area contributed by atoms with E-state index >= 15 is 0 Å². The number of carbonyl (C=O) groups is 1. The standard InChI is InChI=1S/C19H15ClFN3O/c20-15-5-1-2-6-16(15)22-19(25)18-14-4-3-7-17(14)24(23-18)13-10-8-12(21)9-11-13/h1-2,5-6,8-11H,3-4,7H2,(H,22,25). The number of rotatable bonds is 3. The molecule has 0 atom stereocenters. The van der Waals surface area contributed by atoms with Gasteiger partial charge >= 0.3 is 0 Å². The first-order valence-corrected chi connectivity index (χ1v) is 8.44. The number of carbonyl (C=O) groups excluding carboxylic acids is 1. The van der Waals surface area contributed by atoms with Crippen LogP contribution in [-0.4, -0.2) is 15.7 Å². The van der Waals surface area contributed by atoms with E-state index in [4.69, 9.17) is 11.6 Å². The summed E-state index contributed by atoms with van der Waals surface area (Å²) in [7, 11) is 0. The summed E-state index contributed by atoms with van der Waals surface area (Å²) in [6.07, 6.45) is 2.63. The zero-order valence-electron chi connectivity index (χ0n) is 13.3. The summed E-state index contributed by atoms with van der Waals surface area (Å²) in [6, 6.07) is 13.2. The molecule has 0 saturated carbocycles. The van der Waals surface area contributed by atoms with Crippen molar-refractivity contribution in [1.29, 1.82) is 0 Å². The molecule has 1 aliphatic carbocycles. The van der Waals surface area contributed by atoms with E-state index in [1.165, 1.54) is 12.1 Å². The van der Waals surface area contributed by atoms with Crippen molar-refractivity contribution >= 4 is 23.2 Å². The summed E-state index contributed by atoms with van der Waals surface area (Å²) in [5.41, 5.74) is 3.66. The molecule has 1 heterocycles. The average Bonchev–Trinajstić information content (AvgIpc) is 3.20. The molecule has 0 bridgehead atoms. The van der Waals surface area contributed by atoms with Crippen LogP contribution in [0.2, 0.25) is 5.02 Å². The van der Waals surface area contributed by atoms with Crippen LogP contribution < -0.4 is 5.32 Å². The minimum atomic E-state index is -0.302. The Morgan fingerprint density at radius 1 is 1.12 bits per heavy atom. The van der Waals surface area contributed by atoms with Crippen LogP contribution in [-0.2, 0) is 12.8 Å². The number of fused-ring (bicyclic) bond motifs is 1. The number of nitrogens with zero attached hydrogens (tertiary/aromatic N) is 2. The molecule has 1 aromatic heterocycles. The van der Waals surface area contributed by atoms with Crippen LogP contribution in [0, 0.1) is 5.82 Å². The summed E-state index contributed by atoms with van der Waals surface area (Å²) >= 11 is 6.11. The predicted molar refractivity (Wildman–Crippen MR) is 95.0 cm³/mol. The predicted octanol–water partition coefficient (Wildman–Crippen LogP) is 4.41. The van der Waals surface area contributed by atoms with Crippen LogP contribution >= 0.6 is 11.6 Å². The van der Waals surface area contributed by atoms with E-state index < -0.39 is 0 Å². The summed E-state index contributed by atoms with van der Waals surface area (Å²) in [5.74, 6) is -0.587. The number of aromatic nitrogens is 2. The van der Waals surface area contributed by atoms with Gasteiger partial charge in [-0.15, -0.1) is 0 Å². The number of halogens is 2. The molecule has 126 valence electrons. The minimum Gasteiger partial charge on any atom is -0.319 e. The molecule has 1 N–H and O–H groups in total. The quantitative estimate of drug-likeness (QED) is 0.756. The molecular formula is C19H15ClFN3O. The third-order valence-electron chi connectivity index (χ3n) is 4.34. The highest BCUT2D eigenvalue weighted by molar-refractivity contribution is 6.33. The van der Waals surface area contributed by atoms with E-state index in [9.17, 15) is 9.18 Å².